The Labute approximate surface area is 96.4 Å². The molecule has 0 atom stereocenters. The van der Waals surface area contributed by atoms with Gasteiger partial charge in [-0.3, -0.25) is 4.57 Å². The maximum Gasteiger partial charge on any atom is 0.382 e. The minimum Gasteiger partial charge on any atom is -0.358 e. The number of para-hydroxylation sites is 1. The Morgan fingerprint density at radius 1 is 1.44 bits per heavy atom. The molecule has 5 nitrogen and oxygen atoms in total. The van der Waals surface area contributed by atoms with Gasteiger partial charge < -0.3 is 10.1 Å². The monoisotopic (exact) mass is 237 g/mol. The van der Waals surface area contributed by atoms with Crippen molar-refractivity contribution in [2.24, 2.45) is 0 Å². The van der Waals surface area contributed by atoms with Crippen molar-refractivity contribution in [3.8, 4) is 5.69 Å². The van der Waals surface area contributed by atoms with Gasteiger partial charge in [-0.15, -0.1) is 0 Å². The lowest BCUT2D eigenvalue weighted by molar-refractivity contribution is -0.389. The molecule has 2 rings (SSSR count). The van der Waals surface area contributed by atoms with Crippen molar-refractivity contribution >= 4 is 17.4 Å². The molecule has 0 spiro atoms. The fraction of sp³-hybridized carbons (Fsp3) is 0.100. The Morgan fingerprint density at radius 3 is 2.69 bits per heavy atom. The number of rotatable bonds is 2. The van der Waals surface area contributed by atoms with E-state index in [1.54, 1.807) is 29.7 Å². The first kappa shape index (κ1) is 10.6. The first-order chi connectivity index (χ1) is 7.59. The first-order valence-corrected chi connectivity index (χ1v) is 4.92. The standard InChI is InChI=1S/C10H8ClN3O2/c1-7-12-10(14(15)16)6-13(7)9-5-3-2-4-8(9)11/h2-6H,1H3. The van der Waals surface area contributed by atoms with Crippen LogP contribution in [0.2, 0.25) is 5.02 Å². The molecule has 6 heteroatoms. The predicted octanol–water partition coefficient (Wildman–Crippen LogP) is 2.74. The van der Waals surface area contributed by atoms with Gasteiger partial charge in [0.25, 0.3) is 0 Å². The lowest BCUT2D eigenvalue weighted by Gasteiger charge is -2.03. The second kappa shape index (κ2) is 3.94. The van der Waals surface area contributed by atoms with Crippen molar-refractivity contribution in [2.75, 3.05) is 0 Å². The highest BCUT2D eigenvalue weighted by atomic mass is 35.5. The smallest absolute Gasteiger partial charge is 0.358 e. The molecule has 0 N–H and O–H groups in total. The number of hydrogen-bond donors (Lipinski definition) is 0. The highest BCUT2D eigenvalue weighted by Crippen LogP contribution is 2.23. The Morgan fingerprint density at radius 2 is 2.12 bits per heavy atom. The van der Waals surface area contributed by atoms with Gasteiger partial charge in [-0.1, -0.05) is 23.7 Å². The summed E-state index contributed by atoms with van der Waals surface area (Å²) in [5.41, 5.74) is 0.683. The summed E-state index contributed by atoms with van der Waals surface area (Å²) in [6.45, 7) is 1.69. The molecule has 0 radical (unpaired) electrons. The molecule has 1 aromatic heterocycles. The van der Waals surface area contributed by atoms with E-state index in [1.807, 2.05) is 6.07 Å². The van der Waals surface area contributed by atoms with Gasteiger partial charge in [0.2, 0.25) is 5.82 Å². The van der Waals surface area contributed by atoms with Crippen molar-refractivity contribution in [3.05, 3.63) is 51.4 Å². The van der Waals surface area contributed by atoms with Crippen molar-refractivity contribution < 1.29 is 4.92 Å². The summed E-state index contributed by atoms with van der Waals surface area (Å²) in [6, 6.07) is 7.11. The molecule has 1 heterocycles. The zero-order chi connectivity index (χ0) is 11.7. The van der Waals surface area contributed by atoms with Crippen LogP contribution in [-0.2, 0) is 0 Å². The van der Waals surface area contributed by atoms with Crippen molar-refractivity contribution in [1.82, 2.24) is 9.55 Å². The second-order valence-corrected chi connectivity index (χ2v) is 3.63. The van der Waals surface area contributed by atoms with E-state index in [9.17, 15) is 10.1 Å². The number of imidazole rings is 1. The van der Waals surface area contributed by atoms with Crippen LogP contribution in [0.25, 0.3) is 5.69 Å². The topological polar surface area (TPSA) is 61.0 Å². The van der Waals surface area contributed by atoms with Gasteiger partial charge >= 0.3 is 5.82 Å². The number of hydrogen-bond acceptors (Lipinski definition) is 3. The van der Waals surface area contributed by atoms with Gasteiger partial charge in [0.15, 0.2) is 0 Å². The van der Waals surface area contributed by atoms with E-state index in [0.29, 0.717) is 16.5 Å². The van der Waals surface area contributed by atoms with Crippen LogP contribution in [0.4, 0.5) is 5.82 Å². The van der Waals surface area contributed by atoms with E-state index < -0.39 is 4.92 Å². The van der Waals surface area contributed by atoms with Crippen LogP contribution in [0.1, 0.15) is 5.82 Å². The third kappa shape index (κ3) is 1.77. The normalized spacial score (nSPS) is 10.4. The lowest BCUT2D eigenvalue weighted by Crippen LogP contribution is -1.95. The van der Waals surface area contributed by atoms with E-state index in [1.165, 1.54) is 6.20 Å². The average molecular weight is 238 g/mol. The van der Waals surface area contributed by atoms with Gasteiger partial charge in [0.1, 0.15) is 6.20 Å². The molecule has 82 valence electrons. The third-order valence-electron chi connectivity index (χ3n) is 2.17. The van der Waals surface area contributed by atoms with E-state index in [0.717, 1.165) is 0 Å². The molecule has 0 saturated heterocycles. The number of halogens is 1. The molecule has 1 aromatic carbocycles. The highest BCUT2D eigenvalue weighted by Gasteiger charge is 2.17. The van der Waals surface area contributed by atoms with Crippen LogP contribution in [0.3, 0.4) is 0 Å². The maximum absolute atomic E-state index is 10.6. The summed E-state index contributed by atoms with van der Waals surface area (Å²) in [5, 5.41) is 11.1. The van der Waals surface area contributed by atoms with Gasteiger partial charge in [0, 0.05) is 6.92 Å². The zero-order valence-corrected chi connectivity index (χ0v) is 9.18. The Kier molecular flexibility index (Phi) is 2.62. The van der Waals surface area contributed by atoms with Crippen LogP contribution >= 0.6 is 11.6 Å². The number of aryl methyl sites for hydroxylation is 1. The molecule has 0 aliphatic carbocycles. The fourth-order valence-electron chi connectivity index (χ4n) is 1.44. The van der Waals surface area contributed by atoms with E-state index >= 15 is 0 Å². The van der Waals surface area contributed by atoms with E-state index in [4.69, 9.17) is 11.6 Å². The van der Waals surface area contributed by atoms with E-state index in [2.05, 4.69) is 4.98 Å². The summed E-state index contributed by atoms with van der Waals surface area (Å²) in [7, 11) is 0. The van der Waals surface area contributed by atoms with Crippen LogP contribution in [-0.4, -0.2) is 14.5 Å². The number of nitrogens with zero attached hydrogens (tertiary/aromatic N) is 3. The maximum atomic E-state index is 10.6. The summed E-state index contributed by atoms with van der Waals surface area (Å²) in [4.78, 5) is 13.9. The largest absolute Gasteiger partial charge is 0.382 e. The van der Waals surface area contributed by atoms with Crippen LogP contribution < -0.4 is 0 Å². The number of aromatic nitrogens is 2. The highest BCUT2D eigenvalue weighted by molar-refractivity contribution is 6.32. The van der Waals surface area contributed by atoms with Crippen LogP contribution in [0.5, 0.6) is 0 Å². The van der Waals surface area contributed by atoms with Crippen molar-refractivity contribution in [1.29, 1.82) is 0 Å². The average Bonchev–Trinajstić information content (AvgIpc) is 2.61. The quantitative estimate of drug-likeness (QED) is 0.596. The van der Waals surface area contributed by atoms with Crippen LogP contribution in [0.15, 0.2) is 30.5 Å². The Balaban J connectivity index is 2.57. The molecule has 0 fully saturated rings. The summed E-state index contributed by atoms with van der Waals surface area (Å²) in [6.07, 6.45) is 1.36. The molecular weight excluding hydrogens is 230 g/mol. The molecule has 0 bridgehead atoms. The molecule has 2 aromatic rings. The molecule has 16 heavy (non-hydrogen) atoms. The Hall–Kier alpha value is -1.88. The summed E-state index contributed by atoms with van der Waals surface area (Å²) < 4.78 is 1.60. The van der Waals surface area contributed by atoms with Gasteiger partial charge in [0.05, 0.1) is 10.7 Å². The molecule has 0 aliphatic heterocycles. The summed E-state index contributed by atoms with van der Waals surface area (Å²) in [5.74, 6) is 0.345. The minimum atomic E-state index is -0.527. The minimum absolute atomic E-state index is 0.183. The molecule has 0 amide bonds. The van der Waals surface area contributed by atoms with E-state index in [-0.39, 0.29) is 5.82 Å². The summed E-state index contributed by atoms with van der Waals surface area (Å²) >= 11 is 6.00. The molecule has 0 saturated carbocycles. The molecule has 0 aliphatic rings. The lowest BCUT2D eigenvalue weighted by atomic mass is 10.3. The number of benzene rings is 1. The number of nitro groups is 1. The zero-order valence-electron chi connectivity index (χ0n) is 8.42. The molecular formula is C10H8ClN3O2. The predicted molar refractivity (Wildman–Crippen MR) is 60.0 cm³/mol. The molecule has 0 unspecified atom stereocenters. The van der Waals surface area contributed by atoms with Crippen molar-refractivity contribution in [2.45, 2.75) is 6.92 Å². The van der Waals surface area contributed by atoms with Crippen molar-refractivity contribution in [3.63, 3.8) is 0 Å². The first-order valence-electron chi connectivity index (χ1n) is 4.55. The SMILES string of the molecule is Cc1nc([N+](=O)[O-])cn1-c1ccccc1Cl. The van der Waals surface area contributed by atoms with Gasteiger partial charge in [-0.2, -0.15) is 0 Å². The second-order valence-electron chi connectivity index (χ2n) is 3.22. The van der Waals surface area contributed by atoms with Gasteiger partial charge in [-0.25, -0.2) is 0 Å². The fourth-order valence-corrected chi connectivity index (χ4v) is 1.66. The van der Waals surface area contributed by atoms with Gasteiger partial charge in [-0.05, 0) is 22.0 Å². The van der Waals surface area contributed by atoms with Crippen LogP contribution in [0, 0.1) is 17.0 Å². The third-order valence-corrected chi connectivity index (χ3v) is 2.49. The Bertz CT molecular complexity index is 551.